The van der Waals surface area contributed by atoms with E-state index in [-0.39, 0.29) is 35.2 Å². The summed E-state index contributed by atoms with van der Waals surface area (Å²) in [4.78, 5) is 22.3. The average Bonchev–Trinajstić information content (AvgIpc) is 3.06. The molecule has 2 heterocycles. The molecule has 0 unspecified atom stereocenters. The molecule has 1 amide bonds. The molecular weight excluding hydrogens is 466 g/mol. The summed E-state index contributed by atoms with van der Waals surface area (Å²) in [5.41, 5.74) is 0.460. The van der Waals surface area contributed by atoms with Gasteiger partial charge in [-0.15, -0.1) is 0 Å². The maximum atomic E-state index is 13.4. The summed E-state index contributed by atoms with van der Waals surface area (Å²) in [5, 5.41) is -0.643. The van der Waals surface area contributed by atoms with Crippen LogP contribution in [0.15, 0.2) is 35.6 Å². The van der Waals surface area contributed by atoms with Gasteiger partial charge in [-0.2, -0.15) is 0 Å². The highest BCUT2D eigenvalue weighted by atomic mass is 35.5. The van der Waals surface area contributed by atoms with Crippen molar-refractivity contribution in [2.75, 3.05) is 24.4 Å². The van der Waals surface area contributed by atoms with E-state index in [1.54, 1.807) is 24.3 Å². The lowest BCUT2D eigenvalue weighted by Gasteiger charge is -2.28. The van der Waals surface area contributed by atoms with Crippen molar-refractivity contribution >= 4 is 37.2 Å². The number of benzene rings is 1. The molecule has 0 bridgehead atoms. The first-order valence-electron chi connectivity index (χ1n) is 9.46. The van der Waals surface area contributed by atoms with Gasteiger partial charge in [0, 0.05) is 18.8 Å². The van der Waals surface area contributed by atoms with Gasteiger partial charge in [0.25, 0.3) is 5.91 Å². The Morgan fingerprint density at radius 1 is 1.29 bits per heavy atom. The number of hydrogen-bond acceptors (Lipinski definition) is 8. The molecule has 1 fully saturated rings. The maximum Gasteiger partial charge on any atom is 0.274 e. The molecular formula is C19H22ClN3O6S2. The number of hydrogen-bond donors (Lipinski definition) is 0. The largest absolute Gasteiger partial charge is 0.494 e. The molecule has 0 saturated carbocycles. The zero-order valence-corrected chi connectivity index (χ0v) is 19.4. The standard InChI is InChI=1S/C19H22ClN3O6S2/c1-3-29-15-6-4-13(5-7-15)11-23(14-8-9-31(27,28)12-14)18(24)17-16(20)10-21-19(22-17)30(2,25)26/h4-7,10,14H,3,8-9,11-12H2,1-2H3/t14-/m1/s1. The van der Waals surface area contributed by atoms with Crippen molar-refractivity contribution in [2.24, 2.45) is 0 Å². The van der Waals surface area contributed by atoms with E-state index in [2.05, 4.69) is 9.97 Å². The third kappa shape index (κ3) is 5.72. The quantitative estimate of drug-likeness (QED) is 0.541. The molecule has 1 atom stereocenters. The molecule has 1 saturated heterocycles. The number of carbonyl (C=O) groups excluding carboxylic acids is 1. The molecule has 1 aromatic carbocycles. The zero-order valence-electron chi connectivity index (χ0n) is 17.0. The van der Waals surface area contributed by atoms with Gasteiger partial charge in [-0.1, -0.05) is 23.7 Å². The Morgan fingerprint density at radius 3 is 2.52 bits per heavy atom. The Balaban J connectivity index is 1.97. The van der Waals surface area contributed by atoms with E-state index in [1.165, 1.54) is 4.90 Å². The van der Waals surface area contributed by atoms with E-state index in [0.717, 1.165) is 18.0 Å². The Labute approximate surface area is 186 Å². The fraction of sp³-hybridized carbons (Fsp3) is 0.421. The second kappa shape index (κ2) is 9.09. The fourth-order valence-corrected chi connectivity index (χ4v) is 5.66. The predicted octanol–water partition coefficient (Wildman–Crippen LogP) is 1.76. The summed E-state index contributed by atoms with van der Waals surface area (Å²) >= 11 is 6.10. The summed E-state index contributed by atoms with van der Waals surface area (Å²) in [7, 11) is -7.05. The van der Waals surface area contributed by atoms with E-state index >= 15 is 0 Å². The number of amides is 1. The number of carbonyl (C=O) groups is 1. The van der Waals surface area contributed by atoms with Crippen LogP contribution in [0.25, 0.3) is 0 Å². The molecule has 9 nitrogen and oxygen atoms in total. The van der Waals surface area contributed by atoms with Crippen LogP contribution in [0.4, 0.5) is 0 Å². The van der Waals surface area contributed by atoms with Crippen molar-refractivity contribution in [2.45, 2.75) is 31.1 Å². The van der Waals surface area contributed by atoms with Crippen LogP contribution in [0.2, 0.25) is 5.02 Å². The van der Waals surface area contributed by atoms with Crippen LogP contribution >= 0.6 is 11.6 Å². The predicted molar refractivity (Wildman–Crippen MR) is 115 cm³/mol. The second-order valence-electron chi connectivity index (χ2n) is 7.19. The van der Waals surface area contributed by atoms with E-state index in [1.807, 2.05) is 6.92 Å². The molecule has 0 radical (unpaired) electrons. The first-order chi connectivity index (χ1) is 14.5. The van der Waals surface area contributed by atoms with Crippen molar-refractivity contribution in [3.8, 4) is 5.75 Å². The average molecular weight is 488 g/mol. The normalized spacial score (nSPS) is 18.0. The zero-order chi connectivity index (χ0) is 22.8. The highest BCUT2D eigenvalue weighted by Crippen LogP contribution is 2.25. The van der Waals surface area contributed by atoms with Gasteiger partial charge in [0.1, 0.15) is 5.75 Å². The van der Waals surface area contributed by atoms with Crippen LogP contribution in [0.5, 0.6) is 5.75 Å². The third-order valence-electron chi connectivity index (χ3n) is 4.75. The summed E-state index contributed by atoms with van der Waals surface area (Å²) in [5.74, 6) is -0.202. The minimum atomic E-state index is -3.77. The number of aromatic nitrogens is 2. The molecule has 1 aromatic heterocycles. The van der Waals surface area contributed by atoms with Crippen molar-refractivity contribution in [1.29, 1.82) is 0 Å². The van der Waals surface area contributed by atoms with Crippen molar-refractivity contribution in [3.63, 3.8) is 0 Å². The second-order valence-corrected chi connectivity index (χ2v) is 11.7. The minimum absolute atomic E-state index is 0.0309. The number of sulfone groups is 2. The molecule has 0 N–H and O–H groups in total. The van der Waals surface area contributed by atoms with Crippen molar-refractivity contribution < 1.29 is 26.4 Å². The Morgan fingerprint density at radius 2 is 1.97 bits per heavy atom. The molecule has 3 rings (SSSR count). The van der Waals surface area contributed by atoms with Gasteiger partial charge in [0.2, 0.25) is 15.0 Å². The lowest BCUT2D eigenvalue weighted by Crippen LogP contribution is -2.41. The number of rotatable bonds is 7. The molecule has 2 aromatic rings. The van der Waals surface area contributed by atoms with Crippen molar-refractivity contribution in [3.05, 3.63) is 46.7 Å². The van der Waals surface area contributed by atoms with Crippen LogP contribution in [0.1, 0.15) is 29.4 Å². The Hall–Kier alpha value is -2.24. The molecule has 12 heteroatoms. The van der Waals surface area contributed by atoms with Crippen LogP contribution in [0.3, 0.4) is 0 Å². The lowest BCUT2D eigenvalue weighted by atomic mass is 10.1. The highest BCUT2D eigenvalue weighted by molar-refractivity contribution is 7.91. The molecule has 168 valence electrons. The fourth-order valence-electron chi connectivity index (χ4n) is 3.26. The number of halogens is 1. The maximum absolute atomic E-state index is 13.4. The van der Waals surface area contributed by atoms with E-state index < -0.39 is 36.8 Å². The van der Waals surface area contributed by atoms with E-state index in [4.69, 9.17) is 16.3 Å². The van der Waals surface area contributed by atoms with Gasteiger partial charge in [-0.3, -0.25) is 4.79 Å². The third-order valence-corrected chi connectivity index (χ3v) is 7.64. The van der Waals surface area contributed by atoms with Crippen LogP contribution < -0.4 is 4.74 Å². The SMILES string of the molecule is CCOc1ccc(CN(C(=O)c2nc(S(C)(=O)=O)ncc2Cl)[C@@H]2CCS(=O)(=O)C2)cc1. The van der Waals surface area contributed by atoms with Gasteiger partial charge in [0.05, 0.1) is 29.3 Å². The Kier molecular flexibility index (Phi) is 6.87. The molecule has 1 aliphatic heterocycles. The van der Waals surface area contributed by atoms with Gasteiger partial charge in [-0.25, -0.2) is 26.8 Å². The smallest absolute Gasteiger partial charge is 0.274 e. The lowest BCUT2D eigenvalue weighted by molar-refractivity contribution is 0.0674. The topological polar surface area (TPSA) is 124 Å². The van der Waals surface area contributed by atoms with E-state index in [0.29, 0.717) is 12.4 Å². The van der Waals surface area contributed by atoms with Crippen molar-refractivity contribution in [1.82, 2.24) is 14.9 Å². The van der Waals surface area contributed by atoms with Gasteiger partial charge < -0.3 is 9.64 Å². The summed E-state index contributed by atoms with van der Waals surface area (Å²) < 4.78 is 53.1. The molecule has 1 aliphatic rings. The first-order valence-corrected chi connectivity index (χ1v) is 13.5. The van der Waals surface area contributed by atoms with E-state index in [9.17, 15) is 21.6 Å². The monoisotopic (exact) mass is 487 g/mol. The van der Waals surface area contributed by atoms with Crippen LogP contribution in [0, 0.1) is 0 Å². The highest BCUT2D eigenvalue weighted by Gasteiger charge is 2.36. The summed E-state index contributed by atoms with van der Waals surface area (Å²) in [6.07, 6.45) is 2.25. The summed E-state index contributed by atoms with van der Waals surface area (Å²) in [6, 6.07) is 6.48. The van der Waals surface area contributed by atoms with Crippen LogP contribution in [-0.2, 0) is 26.2 Å². The summed E-state index contributed by atoms with van der Waals surface area (Å²) in [6.45, 7) is 2.48. The molecule has 31 heavy (non-hydrogen) atoms. The number of ether oxygens (including phenoxy) is 1. The molecule has 0 spiro atoms. The van der Waals surface area contributed by atoms with Crippen LogP contribution in [-0.4, -0.2) is 68.0 Å². The van der Waals surface area contributed by atoms with Gasteiger partial charge in [0.15, 0.2) is 15.5 Å². The minimum Gasteiger partial charge on any atom is -0.494 e. The number of nitrogens with zero attached hydrogens (tertiary/aromatic N) is 3. The first kappa shape index (κ1) is 23.4. The van der Waals surface area contributed by atoms with Gasteiger partial charge in [-0.05, 0) is 31.0 Å². The Bertz CT molecular complexity index is 1180. The molecule has 0 aliphatic carbocycles. The van der Waals surface area contributed by atoms with Gasteiger partial charge >= 0.3 is 0 Å².